The zero-order valence-electron chi connectivity index (χ0n) is 15.3. The fourth-order valence-corrected chi connectivity index (χ4v) is 4.05. The van der Waals surface area contributed by atoms with Crippen LogP contribution in [-0.2, 0) is 10.3 Å². The number of primary amides is 1. The zero-order valence-corrected chi connectivity index (χ0v) is 15.3. The van der Waals surface area contributed by atoms with Gasteiger partial charge in [0.2, 0.25) is 0 Å². The van der Waals surface area contributed by atoms with Gasteiger partial charge in [-0.25, -0.2) is 4.79 Å². The Hall–Kier alpha value is -2.66. The molecule has 2 aromatic rings. The van der Waals surface area contributed by atoms with Gasteiger partial charge in [-0.2, -0.15) is 0 Å². The highest BCUT2D eigenvalue weighted by molar-refractivity contribution is 6.03. The number of hydrogen-bond donors (Lipinski definition) is 2. The molecule has 1 amide bonds. The smallest absolute Gasteiger partial charge is 0.405 e. The molecule has 1 saturated carbocycles. The second kappa shape index (κ2) is 7.92. The molecule has 27 heavy (non-hydrogen) atoms. The lowest BCUT2D eigenvalue weighted by atomic mass is 9.72. The van der Waals surface area contributed by atoms with Crippen LogP contribution in [0, 0.1) is 0 Å². The van der Waals surface area contributed by atoms with Crippen LogP contribution in [-0.4, -0.2) is 22.6 Å². The number of Topliss-reactive ketones (excluding diaryl/α,β-unsaturated/α-hetero) is 1. The van der Waals surface area contributed by atoms with Crippen LogP contribution in [0.1, 0.15) is 54.4 Å². The molecule has 0 saturated heterocycles. The highest BCUT2D eigenvalue weighted by Gasteiger charge is 2.48. The van der Waals surface area contributed by atoms with E-state index in [0.29, 0.717) is 24.0 Å². The molecule has 0 spiro atoms. The first-order valence-electron chi connectivity index (χ1n) is 9.31. The van der Waals surface area contributed by atoms with Crippen LogP contribution in [0.3, 0.4) is 0 Å². The van der Waals surface area contributed by atoms with Crippen LogP contribution in [0.2, 0.25) is 0 Å². The molecule has 0 aliphatic heterocycles. The third-order valence-corrected chi connectivity index (χ3v) is 5.32. The van der Waals surface area contributed by atoms with Crippen LogP contribution < -0.4 is 5.73 Å². The van der Waals surface area contributed by atoms with Crippen molar-refractivity contribution in [3.05, 3.63) is 71.8 Å². The molecule has 0 radical (unpaired) electrons. The highest BCUT2D eigenvalue weighted by Crippen LogP contribution is 2.42. The lowest BCUT2D eigenvalue weighted by molar-refractivity contribution is -0.0738. The molecule has 1 aliphatic carbocycles. The molecule has 1 aliphatic rings. The van der Waals surface area contributed by atoms with E-state index in [2.05, 4.69) is 0 Å². The van der Waals surface area contributed by atoms with E-state index >= 15 is 0 Å². The van der Waals surface area contributed by atoms with Crippen molar-refractivity contribution in [2.45, 2.75) is 49.7 Å². The maximum Gasteiger partial charge on any atom is 0.405 e. The Bertz CT molecular complexity index is 784. The van der Waals surface area contributed by atoms with E-state index in [4.69, 9.17) is 10.5 Å². The summed E-state index contributed by atoms with van der Waals surface area (Å²) in [6, 6.07) is 17.5. The molecular formula is C22H25NO4. The normalized spacial score (nSPS) is 18.3. The maximum atomic E-state index is 13.3. The van der Waals surface area contributed by atoms with Crippen LogP contribution >= 0.6 is 0 Å². The molecule has 3 rings (SSSR count). The molecule has 1 atom stereocenters. The minimum atomic E-state index is -1.81. The lowest BCUT2D eigenvalue weighted by Gasteiger charge is -2.41. The van der Waals surface area contributed by atoms with Crippen molar-refractivity contribution in [1.29, 1.82) is 0 Å². The second-order valence-corrected chi connectivity index (χ2v) is 7.26. The van der Waals surface area contributed by atoms with E-state index in [1.165, 1.54) is 0 Å². The fourth-order valence-electron chi connectivity index (χ4n) is 4.05. The Kier molecular flexibility index (Phi) is 5.61. The van der Waals surface area contributed by atoms with Gasteiger partial charge >= 0.3 is 6.09 Å². The van der Waals surface area contributed by atoms with Crippen molar-refractivity contribution in [3.8, 4) is 0 Å². The van der Waals surface area contributed by atoms with Gasteiger partial charge in [-0.15, -0.1) is 0 Å². The predicted octanol–water partition coefficient (Wildman–Crippen LogP) is 3.95. The van der Waals surface area contributed by atoms with Crippen molar-refractivity contribution in [2.75, 3.05) is 0 Å². The quantitative estimate of drug-likeness (QED) is 0.757. The molecule has 0 aromatic heterocycles. The lowest BCUT2D eigenvalue weighted by Crippen LogP contribution is -2.48. The largest absolute Gasteiger partial charge is 0.443 e. The minimum absolute atomic E-state index is 0.0132. The summed E-state index contributed by atoms with van der Waals surface area (Å²) in [6.45, 7) is 0. The Balaban J connectivity index is 2.04. The molecule has 5 nitrogen and oxygen atoms in total. The molecule has 142 valence electrons. The average molecular weight is 367 g/mol. The van der Waals surface area contributed by atoms with E-state index in [1.54, 1.807) is 48.5 Å². The number of rotatable bonds is 6. The first-order chi connectivity index (χ1) is 13.0. The number of amides is 1. The summed E-state index contributed by atoms with van der Waals surface area (Å²) in [4.78, 5) is 24.9. The summed E-state index contributed by atoms with van der Waals surface area (Å²) in [5, 5.41) is 11.7. The monoisotopic (exact) mass is 367 g/mol. The van der Waals surface area contributed by atoms with Gasteiger partial charge in [0.05, 0.1) is 0 Å². The summed E-state index contributed by atoms with van der Waals surface area (Å²) in [6.07, 6.45) is 3.01. The average Bonchev–Trinajstić information content (AvgIpc) is 2.68. The number of benzene rings is 2. The molecule has 3 N–H and O–H groups in total. The summed E-state index contributed by atoms with van der Waals surface area (Å²) in [7, 11) is 0. The second-order valence-electron chi connectivity index (χ2n) is 7.26. The van der Waals surface area contributed by atoms with Crippen molar-refractivity contribution in [1.82, 2.24) is 0 Å². The van der Waals surface area contributed by atoms with Crippen molar-refractivity contribution in [3.63, 3.8) is 0 Å². The summed E-state index contributed by atoms with van der Waals surface area (Å²) < 4.78 is 5.51. The Morgan fingerprint density at radius 2 is 1.52 bits per heavy atom. The van der Waals surface area contributed by atoms with E-state index in [1.807, 2.05) is 12.1 Å². The number of ether oxygens (including phenoxy) is 1. The van der Waals surface area contributed by atoms with E-state index in [-0.39, 0.29) is 6.42 Å². The predicted molar refractivity (Wildman–Crippen MR) is 102 cm³/mol. The third-order valence-electron chi connectivity index (χ3n) is 5.32. The summed E-state index contributed by atoms with van der Waals surface area (Å²) in [5.41, 5.74) is 3.46. The molecule has 5 heteroatoms. The van der Waals surface area contributed by atoms with Gasteiger partial charge in [-0.05, 0) is 31.2 Å². The number of ketones is 1. The van der Waals surface area contributed by atoms with Gasteiger partial charge in [0.25, 0.3) is 0 Å². The Labute approximate surface area is 159 Å². The molecular weight excluding hydrogens is 342 g/mol. The van der Waals surface area contributed by atoms with E-state index in [9.17, 15) is 14.7 Å². The number of hydrogen-bond acceptors (Lipinski definition) is 4. The van der Waals surface area contributed by atoms with Crippen molar-refractivity contribution in [2.24, 2.45) is 5.73 Å². The topological polar surface area (TPSA) is 89.6 Å². The first kappa shape index (κ1) is 19.1. The standard InChI is InChI=1S/C22H25NO4/c23-20(25)27-21(14-8-3-9-15-21)16-22(26,18-12-6-2-7-13-18)19(24)17-10-4-1-5-11-17/h1-2,4-7,10-13,26H,3,8-9,14-16H2,(H2,23,25). The van der Waals surface area contributed by atoms with Crippen molar-refractivity contribution < 1.29 is 19.4 Å². The first-order valence-corrected chi connectivity index (χ1v) is 9.31. The number of carbonyl (C=O) groups excluding carboxylic acids is 2. The zero-order chi connectivity index (χ0) is 19.3. The van der Waals surface area contributed by atoms with Gasteiger partial charge in [0.1, 0.15) is 5.60 Å². The van der Waals surface area contributed by atoms with Crippen LogP contribution in [0.5, 0.6) is 0 Å². The van der Waals surface area contributed by atoms with Gasteiger partial charge in [0, 0.05) is 12.0 Å². The van der Waals surface area contributed by atoms with Crippen LogP contribution in [0.15, 0.2) is 60.7 Å². The number of carbonyl (C=O) groups is 2. The van der Waals surface area contributed by atoms with Crippen molar-refractivity contribution >= 4 is 11.9 Å². The van der Waals surface area contributed by atoms with Gasteiger partial charge in [-0.3, -0.25) is 4.79 Å². The number of nitrogens with two attached hydrogens (primary N) is 1. The molecule has 1 unspecified atom stereocenters. The maximum absolute atomic E-state index is 13.3. The van der Waals surface area contributed by atoms with Gasteiger partial charge in [-0.1, -0.05) is 67.1 Å². The molecule has 1 fully saturated rings. The summed E-state index contributed by atoms with van der Waals surface area (Å²) >= 11 is 0. The molecule has 0 heterocycles. The molecule has 0 bridgehead atoms. The molecule has 2 aromatic carbocycles. The third kappa shape index (κ3) is 4.19. The number of aliphatic hydroxyl groups is 1. The van der Waals surface area contributed by atoms with E-state index < -0.39 is 23.1 Å². The fraction of sp³-hybridized carbons (Fsp3) is 0.364. The highest BCUT2D eigenvalue weighted by atomic mass is 16.6. The van der Waals surface area contributed by atoms with E-state index in [0.717, 1.165) is 19.3 Å². The van der Waals surface area contributed by atoms with Gasteiger partial charge < -0.3 is 15.6 Å². The van der Waals surface area contributed by atoms with Crippen LogP contribution in [0.4, 0.5) is 4.79 Å². The summed E-state index contributed by atoms with van der Waals surface area (Å²) in [5.74, 6) is -0.410. The Morgan fingerprint density at radius 3 is 2.07 bits per heavy atom. The Morgan fingerprint density at radius 1 is 0.963 bits per heavy atom. The van der Waals surface area contributed by atoms with Gasteiger partial charge in [0.15, 0.2) is 11.4 Å². The minimum Gasteiger partial charge on any atom is -0.443 e. The van der Waals surface area contributed by atoms with Crippen LogP contribution in [0.25, 0.3) is 0 Å². The SMILES string of the molecule is NC(=O)OC1(CC(O)(C(=O)c2ccccc2)c2ccccc2)CCCCC1.